The molecular formula is C12H19N3O. The standard InChI is InChI=1S/C12H19N3O/c1-3-5-9-15-10-11(13-14-15)7-6-8-12(16)4-2/h2,10,12,16H,3,5-9H2,1H3. The van der Waals surface area contributed by atoms with Crippen molar-refractivity contribution < 1.29 is 5.11 Å². The SMILES string of the molecule is C#CC(O)CCCc1cn(CCCC)nn1. The van der Waals surface area contributed by atoms with E-state index >= 15 is 0 Å². The largest absolute Gasteiger partial charge is 0.380 e. The molecule has 0 saturated carbocycles. The van der Waals surface area contributed by atoms with Crippen molar-refractivity contribution in [3.05, 3.63) is 11.9 Å². The highest BCUT2D eigenvalue weighted by Gasteiger charge is 2.03. The van der Waals surface area contributed by atoms with Crippen molar-refractivity contribution in [2.24, 2.45) is 0 Å². The first-order valence-corrected chi connectivity index (χ1v) is 5.79. The van der Waals surface area contributed by atoms with Gasteiger partial charge in [0, 0.05) is 12.7 Å². The molecule has 0 bridgehead atoms. The molecule has 1 aromatic rings. The summed E-state index contributed by atoms with van der Waals surface area (Å²) in [5.41, 5.74) is 0.973. The zero-order valence-electron chi connectivity index (χ0n) is 9.76. The predicted molar refractivity (Wildman–Crippen MR) is 62.7 cm³/mol. The summed E-state index contributed by atoms with van der Waals surface area (Å²) < 4.78 is 1.87. The third kappa shape index (κ3) is 4.45. The number of aromatic nitrogens is 3. The molecule has 0 aliphatic heterocycles. The van der Waals surface area contributed by atoms with Crippen molar-refractivity contribution in [3.63, 3.8) is 0 Å². The fourth-order valence-corrected chi connectivity index (χ4v) is 1.44. The van der Waals surface area contributed by atoms with E-state index in [1.165, 1.54) is 0 Å². The molecule has 4 nitrogen and oxygen atoms in total. The van der Waals surface area contributed by atoms with Crippen LogP contribution in [0.25, 0.3) is 0 Å². The van der Waals surface area contributed by atoms with Crippen LogP contribution in [0.3, 0.4) is 0 Å². The number of aryl methyl sites for hydroxylation is 2. The van der Waals surface area contributed by atoms with Gasteiger partial charge in [-0.1, -0.05) is 24.5 Å². The highest BCUT2D eigenvalue weighted by molar-refractivity contribution is 4.96. The third-order valence-electron chi connectivity index (χ3n) is 2.43. The second-order valence-electron chi connectivity index (χ2n) is 3.90. The van der Waals surface area contributed by atoms with E-state index in [1.54, 1.807) is 0 Å². The molecule has 1 unspecified atom stereocenters. The lowest BCUT2D eigenvalue weighted by atomic mass is 10.1. The molecule has 0 aliphatic carbocycles. The zero-order chi connectivity index (χ0) is 11.8. The Bertz CT molecular complexity index is 340. The van der Waals surface area contributed by atoms with Crippen LogP contribution in [0.15, 0.2) is 6.20 Å². The number of unbranched alkanes of at least 4 members (excludes halogenated alkanes) is 1. The van der Waals surface area contributed by atoms with Gasteiger partial charge in [0.05, 0.1) is 5.69 Å². The molecule has 0 aliphatic rings. The molecule has 1 atom stereocenters. The van der Waals surface area contributed by atoms with Crippen molar-refractivity contribution in [1.29, 1.82) is 0 Å². The lowest BCUT2D eigenvalue weighted by Gasteiger charge is -2.00. The van der Waals surface area contributed by atoms with Crippen molar-refractivity contribution in [1.82, 2.24) is 15.0 Å². The van der Waals surface area contributed by atoms with Gasteiger partial charge in [0.15, 0.2) is 0 Å². The van der Waals surface area contributed by atoms with Crippen molar-refractivity contribution >= 4 is 0 Å². The summed E-state index contributed by atoms with van der Waals surface area (Å²) >= 11 is 0. The van der Waals surface area contributed by atoms with E-state index in [1.807, 2.05) is 10.9 Å². The smallest absolute Gasteiger partial charge is 0.114 e. The Kier molecular flexibility index (Phi) is 5.58. The highest BCUT2D eigenvalue weighted by atomic mass is 16.3. The van der Waals surface area contributed by atoms with Gasteiger partial charge in [0.25, 0.3) is 0 Å². The van der Waals surface area contributed by atoms with Crippen LogP contribution in [0.4, 0.5) is 0 Å². The minimum absolute atomic E-state index is 0.623. The Morgan fingerprint density at radius 2 is 2.38 bits per heavy atom. The van der Waals surface area contributed by atoms with Crippen molar-refractivity contribution in [2.75, 3.05) is 0 Å². The number of hydrogen-bond acceptors (Lipinski definition) is 3. The molecule has 1 rings (SSSR count). The molecule has 0 amide bonds. The molecule has 88 valence electrons. The van der Waals surface area contributed by atoms with Gasteiger partial charge < -0.3 is 5.11 Å². The molecule has 0 spiro atoms. The van der Waals surface area contributed by atoms with Crippen molar-refractivity contribution in [3.8, 4) is 12.3 Å². The predicted octanol–water partition coefficient (Wildman–Crippen LogP) is 1.40. The van der Waals surface area contributed by atoms with E-state index in [0.717, 1.165) is 37.9 Å². The third-order valence-corrected chi connectivity index (χ3v) is 2.43. The normalized spacial score (nSPS) is 12.3. The summed E-state index contributed by atoms with van der Waals surface area (Å²) in [6, 6.07) is 0. The Morgan fingerprint density at radius 3 is 3.06 bits per heavy atom. The van der Waals surface area contributed by atoms with Crippen LogP contribution in [-0.4, -0.2) is 26.2 Å². The second-order valence-corrected chi connectivity index (χ2v) is 3.90. The monoisotopic (exact) mass is 221 g/mol. The van der Waals surface area contributed by atoms with Gasteiger partial charge in [0.1, 0.15) is 6.10 Å². The van der Waals surface area contributed by atoms with E-state index < -0.39 is 6.10 Å². The van der Waals surface area contributed by atoms with Crippen LogP contribution >= 0.6 is 0 Å². The Morgan fingerprint density at radius 1 is 1.56 bits per heavy atom. The lowest BCUT2D eigenvalue weighted by Crippen LogP contribution is -2.02. The molecule has 0 radical (unpaired) electrons. The van der Waals surface area contributed by atoms with Crippen LogP contribution in [-0.2, 0) is 13.0 Å². The number of hydrogen-bond donors (Lipinski definition) is 1. The van der Waals surface area contributed by atoms with Crippen LogP contribution in [0.5, 0.6) is 0 Å². The van der Waals surface area contributed by atoms with Crippen molar-refractivity contribution in [2.45, 2.75) is 51.7 Å². The van der Waals surface area contributed by atoms with Crippen LogP contribution in [0.1, 0.15) is 38.3 Å². The van der Waals surface area contributed by atoms with E-state index in [-0.39, 0.29) is 0 Å². The number of terminal acetylenes is 1. The number of rotatable bonds is 7. The van der Waals surface area contributed by atoms with Crippen LogP contribution in [0, 0.1) is 12.3 Å². The van der Waals surface area contributed by atoms with Gasteiger partial charge in [-0.2, -0.15) is 0 Å². The summed E-state index contributed by atoms with van der Waals surface area (Å²) in [5, 5.41) is 17.3. The van der Waals surface area contributed by atoms with E-state index in [9.17, 15) is 5.11 Å². The fraction of sp³-hybridized carbons (Fsp3) is 0.667. The molecule has 0 aromatic carbocycles. The molecule has 16 heavy (non-hydrogen) atoms. The molecule has 1 aromatic heterocycles. The summed E-state index contributed by atoms with van der Waals surface area (Å²) in [4.78, 5) is 0. The first kappa shape index (κ1) is 12.7. The number of aliphatic hydroxyl groups is 1. The van der Waals surface area contributed by atoms with Crippen LogP contribution in [0.2, 0.25) is 0 Å². The van der Waals surface area contributed by atoms with E-state index in [2.05, 4.69) is 23.2 Å². The molecule has 4 heteroatoms. The van der Waals surface area contributed by atoms with E-state index in [0.29, 0.717) is 6.42 Å². The van der Waals surface area contributed by atoms with Crippen LogP contribution < -0.4 is 0 Å². The summed E-state index contributed by atoms with van der Waals surface area (Å²) in [6.45, 7) is 3.08. The Hall–Kier alpha value is -1.34. The Labute approximate surface area is 96.7 Å². The molecular weight excluding hydrogens is 202 g/mol. The van der Waals surface area contributed by atoms with Gasteiger partial charge in [-0.15, -0.1) is 11.5 Å². The second kappa shape index (κ2) is 7.02. The highest BCUT2D eigenvalue weighted by Crippen LogP contribution is 2.04. The minimum Gasteiger partial charge on any atom is -0.380 e. The van der Waals surface area contributed by atoms with Gasteiger partial charge in [-0.3, -0.25) is 4.68 Å². The maximum Gasteiger partial charge on any atom is 0.114 e. The average Bonchev–Trinajstić information content (AvgIpc) is 2.74. The number of nitrogens with zero attached hydrogens (tertiary/aromatic N) is 3. The average molecular weight is 221 g/mol. The fourth-order valence-electron chi connectivity index (χ4n) is 1.44. The summed E-state index contributed by atoms with van der Waals surface area (Å²) in [6.07, 6.45) is 11.0. The summed E-state index contributed by atoms with van der Waals surface area (Å²) in [7, 11) is 0. The maximum absolute atomic E-state index is 9.18. The summed E-state index contributed by atoms with van der Waals surface area (Å²) in [5.74, 6) is 2.30. The quantitative estimate of drug-likeness (QED) is 0.708. The van der Waals surface area contributed by atoms with Gasteiger partial charge in [0.2, 0.25) is 0 Å². The Balaban J connectivity index is 2.27. The number of aliphatic hydroxyl groups excluding tert-OH is 1. The first-order valence-electron chi connectivity index (χ1n) is 5.79. The maximum atomic E-state index is 9.18. The minimum atomic E-state index is -0.630. The first-order chi connectivity index (χ1) is 7.76. The van der Waals surface area contributed by atoms with Gasteiger partial charge >= 0.3 is 0 Å². The molecule has 0 saturated heterocycles. The molecule has 1 heterocycles. The molecule has 1 N–H and O–H groups in total. The molecule has 0 fully saturated rings. The van der Waals surface area contributed by atoms with Gasteiger partial charge in [-0.25, -0.2) is 0 Å². The lowest BCUT2D eigenvalue weighted by molar-refractivity contribution is 0.219. The topological polar surface area (TPSA) is 50.9 Å². The zero-order valence-corrected chi connectivity index (χ0v) is 9.76. The van der Waals surface area contributed by atoms with E-state index in [4.69, 9.17) is 6.42 Å². The van der Waals surface area contributed by atoms with Gasteiger partial charge in [-0.05, 0) is 25.7 Å².